The zero-order valence-electron chi connectivity index (χ0n) is 18.2. The van der Waals surface area contributed by atoms with Gasteiger partial charge in [0.1, 0.15) is 5.52 Å². The predicted molar refractivity (Wildman–Crippen MR) is 122 cm³/mol. The summed E-state index contributed by atoms with van der Waals surface area (Å²) in [4.78, 5) is 6.76. The Morgan fingerprint density at radius 1 is 1.19 bits per heavy atom. The molecule has 0 saturated carbocycles. The van der Waals surface area contributed by atoms with Crippen LogP contribution in [0.5, 0.6) is 11.5 Å². The fourth-order valence-corrected chi connectivity index (χ4v) is 4.48. The van der Waals surface area contributed by atoms with Gasteiger partial charge in [-0.05, 0) is 68.8 Å². The summed E-state index contributed by atoms with van der Waals surface area (Å²) in [7, 11) is -2.20. The van der Waals surface area contributed by atoms with Crippen LogP contribution >= 0.6 is 0 Å². The third-order valence-electron chi connectivity index (χ3n) is 5.55. The van der Waals surface area contributed by atoms with Crippen molar-refractivity contribution in [3.63, 3.8) is 0 Å². The third kappa shape index (κ3) is 4.82. The summed E-state index contributed by atoms with van der Waals surface area (Å²) >= 11 is 0. The highest BCUT2D eigenvalue weighted by Crippen LogP contribution is 2.32. The minimum atomic E-state index is -3.82. The van der Waals surface area contributed by atoms with Crippen LogP contribution in [0.1, 0.15) is 25.3 Å². The van der Waals surface area contributed by atoms with Gasteiger partial charge in [-0.1, -0.05) is 6.07 Å². The van der Waals surface area contributed by atoms with Gasteiger partial charge in [0.2, 0.25) is 10.0 Å². The molecular formula is C22H28N4O5S. The maximum absolute atomic E-state index is 11.7. The Morgan fingerprint density at radius 3 is 2.66 bits per heavy atom. The van der Waals surface area contributed by atoms with E-state index in [0.29, 0.717) is 41.8 Å². The number of ether oxygens (including phenoxy) is 2. The van der Waals surface area contributed by atoms with E-state index in [1.54, 1.807) is 13.2 Å². The number of sulfonamides is 1. The Bertz CT molecular complexity index is 1190. The van der Waals surface area contributed by atoms with Gasteiger partial charge in [-0.3, -0.25) is 0 Å². The number of piperidine rings is 1. The molecule has 0 aliphatic carbocycles. The van der Waals surface area contributed by atoms with Crippen LogP contribution in [0.4, 0.5) is 6.01 Å². The summed E-state index contributed by atoms with van der Waals surface area (Å²) in [5.41, 5.74) is 1.99. The van der Waals surface area contributed by atoms with Crippen LogP contribution in [-0.2, 0) is 16.6 Å². The molecule has 32 heavy (non-hydrogen) atoms. The van der Waals surface area contributed by atoms with E-state index in [2.05, 4.69) is 15.2 Å². The van der Waals surface area contributed by atoms with Crippen molar-refractivity contribution < 1.29 is 22.3 Å². The van der Waals surface area contributed by atoms with Crippen LogP contribution in [0.3, 0.4) is 0 Å². The molecule has 1 saturated heterocycles. The van der Waals surface area contributed by atoms with Gasteiger partial charge in [0.05, 0.1) is 18.6 Å². The zero-order chi connectivity index (χ0) is 22.7. The monoisotopic (exact) mass is 460 g/mol. The number of fused-ring (bicyclic) bond motifs is 1. The van der Waals surface area contributed by atoms with Crippen LogP contribution in [0.15, 0.2) is 45.7 Å². The second kappa shape index (κ2) is 9.35. The van der Waals surface area contributed by atoms with Crippen molar-refractivity contribution in [2.75, 3.05) is 31.7 Å². The number of hydrogen-bond donors (Lipinski definition) is 2. The summed E-state index contributed by atoms with van der Waals surface area (Å²) in [5.74, 6) is 1.37. The van der Waals surface area contributed by atoms with Gasteiger partial charge in [0, 0.05) is 12.6 Å². The maximum Gasteiger partial charge on any atom is 0.298 e. The Labute approximate surface area is 187 Å². The smallest absolute Gasteiger partial charge is 0.298 e. The summed E-state index contributed by atoms with van der Waals surface area (Å²) < 4.78 is 40.6. The number of hydrogen-bond acceptors (Lipinski definition) is 8. The first-order valence-electron chi connectivity index (χ1n) is 10.6. The van der Waals surface area contributed by atoms with E-state index in [-0.39, 0.29) is 10.9 Å². The molecule has 0 atom stereocenters. The van der Waals surface area contributed by atoms with Crippen molar-refractivity contribution in [3.8, 4) is 11.5 Å². The lowest BCUT2D eigenvalue weighted by Crippen LogP contribution is -2.43. The molecule has 3 aromatic rings. The molecule has 1 fully saturated rings. The molecule has 3 N–H and O–H groups in total. The molecule has 1 aliphatic rings. The van der Waals surface area contributed by atoms with Crippen LogP contribution < -0.4 is 24.8 Å². The number of methoxy groups -OCH3 is 1. The SMILES string of the molecule is CCOc1cc(CN(c2nc3cc(S(N)(=O)=O)ccc3o2)C2CCNCC2)ccc1OC. The van der Waals surface area contributed by atoms with Crippen molar-refractivity contribution in [2.45, 2.75) is 37.2 Å². The number of nitrogens with zero attached hydrogens (tertiary/aromatic N) is 2. The number of aromatic nitrogens is 1. The molecule has 1 aliphatic heterocycles. The van der Waals surface area contributed by atoms with Gasteiger partial charge in [0.15, 0.2) is 17.1 Å². The van der Waals surface area contributed by atoms with E-state index in [9.17, 15) is 8.42 Å². The molecule has 4 rings (SSSR count). The maximum atomic E-state index is 11.7. The lowest BCUT2D eigenvalue weighted by Gasteiger charge is -2.33. The molecule has 0 unspecified atom stereocenters. The first kappa shape index (κ1) is 22.4. The first-order valence-corrected chi connectivity index (χ1v) is 12.1. The largest absolute Gasteiger partial charge is 0.493 e. The number of anilines is 1. The van der Waals surface area contributed by atoms with E-state index in [0.717, 1.165) is 31.5 Å². The van der Waals surface area contributed by atoms with E-state index in [1.165, 1.54) is 12.1 Å². The molecule has 0 spiro atoms. The van der Waals surface area contributed by atoms with Gasteiger partial charge in [-0.2, -0.15) is 4.98 Å². The lowest BCUT2D eigenvalue weighted by molar-refractivity contribution is 0.310. The summed E-state index contributed by atoms with van der Waals surface area (Å²) in [6, 6.07) is 11.0. The first-order chi connectivity index (χ1) is 15.4. The fourth-order valence-electron chi connectivity index (χ4n) is 3.95. The highest BCUT2D eigenvalue weighted by atomic mass is 32.2. The molecule has 2 aromatic carbocycles. The molecule has 1 aromatic heterocycles. The second-order valence-corrected chi connectivity index (χ2v) is 9.26. The predicted octanol–water partition coefficient (Wildman–Crippen LogP) is 2.64. The number of primary sulfonamides is 1. The standard InChI is InChI=1S/C22H28N4O5S/c1-3-30-21-12-15(4-6-20(21)29-2)14-26(16-8-10-24-11-9-16)22-25-18-13-17(32(23,27)28)5-7-19(18)31-22/h4-7,12-13,16,24H,3,8-11,14H2,1-2H3,(H2,23,27,28). The average molecular weight is 461 g/mol. The van der Waals surface area contributed by atoms with Crippen molar-refractivity contribution in [2.24, 2.45) is 5.14 Å². The number of benzene rings is 2. The van der Waals surface area contributed by atoms with Crippen molar-refractivity contribution in [1.82, 2.24) is 10.3 Å². The van der Waals surface area contributed by atoms with Crippen LogP contribution in [0.2, 0.25) is 0 Å². The van der Waals surface area contributed by atoms with Crippen LogP contribution in [0.25, 0.3) is 11.1 Å². The Kier molecular flexibility index (Phi) is 6.54. The average Bonchev–Trinajstić information content (AvgIpc) is 3.21. The minimum absolute atomic E-state index is 0.00905. The van der Waals surface area contributed by atoms with E-state index >= 15 is 0 Å². The summed E-state index contributed by atoms with van der Waals surface area (Å²) in [5, 5.41) is 8.65. The zero-order valence-corrected chi connectivity index (χ0v) is 19.0. The van der Waals surface area contributed by atoms with Gasteiger partial charge in [0.25, 0.3) is 6.01 Å². The number of oxazole rings is 1. The molecule has 10 heteroatoms. The Balaban J connectivity index is 1.70. The highest BCUT2D eigenvalue weighted by Gasteiger charge is 2.26. The molecule has 2 heterocycles. The van der Waals surface area contributed by atoms with Crippen LogP contribution in [-0.4, -0.2) is 46.2 Å². The topological polar surface area (TPSA) is 120 Å². The number of rotatable bonds is 8. The number of nitrogens with two attached hydrogens (primary N) is 1. The van der Waals surface area contributed by atoms with Gasteiger partial charge in [-0.25, -0.2) is 13.6 Å². The highest BCUT2D eigenvalue weighted by molar-refractivity contribution is 7.89. The van der Waals surface area contributed by atoms with E-state index in [1.807, 2.05) is 25.1 Å². The Morgan fingerprint density at radius 2 is 1.97 bits per heavy atom. The molecule has 0 bridgehead atoms. The molecule has 0 radical (unpaired) electrons. The van der Waals surface area contributed by atoms with Crippen LogP contribution in [0, 0.1) is 0 Å². The van der Waals surface area contributed by atoms with Crippen molar-refractivity contribution in [3.05, 3.63) is 42.0 Å². The van der Waals surface area contributed by atoms with Gasteiger partial charge >= 0.3 is 0 Å². The van der Waals surface area contributed by atoms with Crippen molar-refractivity contribution >= 4 is 27.1 Å². The van der Waals surface area contributed by atoms with Crippen molar-refractivity contribution in [1.29, 1.82) is 0 Å². The number of nitrogens with one attached hydrogen (secondary N) is 1. The fraction of sp³-hybridized carbons (Fsp3) is 0.409. The quantitative estimate of drug-likeness (QED) is 0.526. The molecule has 0 amide bonds. The summed E-state index contributed by atoms with van der Waals surface area (Å²) in [6.07, 6.45) is 1.88. The third-order valence-corrected chi connectivity index (χ3v) is 6.46. The molecule has 9 nitrogen and oxygen atoms in total. The van der Waals surface area contributed by atoms with E-state index in [4.69, 9.17) is 19.0 Å². The lowest BCUT2D eigenvalue weighted by atomic mass is 10.0. The summed E-state index contributed by atoms with van der Waals surface area (Å²) in [6.45, 7) is 4.84. The minimum Gasteiger partial charge on any atom is -0.493 e. The van der Waals surface area contributed by atoms with Gasteiger partial charge < -0.3 is 24.1 Å². The van der Waals surface area contributed by atoms with E-state index < -0.39 is 10.0 Å². The Hall–Kier alpha value is -2.82. The second-order valence-electron chi connectivity index (χ2n) is 7.70. The normalized spacial score (nSPS) is 15.1. The van der Waals surface area contributed by atoms with Gasteiger partial charge in [-0.15, -0.1) is 0 Å². The molecule has 172 valence electrons. The molecular weight excluding hydrogens is 432 g/mol.